The Hall–Kier alpha value is -2.71. The third kappa shape index (κ3) is 7.15. The van der Waals surface area contributed by atoms with Crippen LogP contribution in [-0.4, -0.2) is 35.1 Å². The highest BCUT2D eigenvalue weighted by molar-refractivity contribution is 6.29. The van der Waals surface area contributed by atoms with Crippen molar-refractivity contribution in [3.63, 3.8) is 0 Å². The van der Waals surface area contributed by atoms with Gasteiger partial charge in [0.2, 0.25) is 0 Å². The number of nitrogen functional groups attached to an aromatic ring is 1. The van der Waals surface area contributed by atoms with Gasteiger partial charge < -0.3 is 14.9 Å². The first-order valence-electron chi connectivity index (χ1n) is 7.40. The van der Waals surface area contributed by atoms with E-state index in [9.17, 15) is 9.59 Å². The van der Waals surface area contributed by atoms with Crippen molar-refractivity contribution in [2.24, 2.45) is 5.84 Å². The van der Waals surface area contributed by atoms with Crippen LogP contribution in [0.4, 0.5) is 5.82 Å². The molecule has 2 rings (SSSR count). The molecular formula is C16H19ClN4O4. The largest absolute Gasteiger partial charge is 0.462 e. The van der Waals surface area contributed by atoms with Crippen molar-refractivity contribution in [1.82, 2.24) is 9.97 Å². The second kappa shape index (κ2) is 11.0. The van der Waals surface area contributed by atoms with Gasteiger partial charge in [-0.05, 0) is 38.1 Å². The lowest BCUT2D eigenvalue weighted by atomic mass is 10.3. The number of aromatic nitrogens is 2. The molecule has 9 heteroatoms. The molecule has 2 heterocycles. The molecule has 8 nitrogen and oxygen atoms in total. The molecule has 0 bridgehead atoms. The standard InChI is InChI=1S/C8H8ClNO2.C8H11N3O2/c1-2-12-8(11)6-3-4-7(9)10-5-6;1-2-13-8(12)6-3-4-7(11-9)10-5-6/h3-5H,2H2,1H3;3-5H,2,9H2,1H3,(H,10,11). The Morgan fingerprint density at radius 1 is 1.00 bits per heavy atom. The highest BCUT2D eigenvalue weighted by Crippen LogP contribution is 2.06. The van der Waals surface area contributed by atoms with Crippen LogP contribution < -0.4 is 11.3 Å². The number of halogens is 1. The number of hydrogen-bond donors (Lipinski definition) is 2. The second-order valence-electron chi connectivity index (χ2n) is 4.39. The minimum Gasteiger partial charge on any atom is -0.462 e. The average Bonchev–Trinajstić information content (AvgIpc) is 2.63. The predicted octanol–water partition coefficient (Wildman–Crippen LogP) is 2.46. The predicted molar refractivity (Wildman–Crippen MR) is 93.2 cm³/mol. The zero-order valence-electron chi connectivity index (χ0n) is 13.9. The van der Waals surface area contributed by atoms with Crippen LogP contribution in [0.2, 0.25) is 5.15 Å². The summed E-state index contributed by atoms with van der Waals surface area (Å²) in [5.41, 5.74) is 3.20. The third-order valence-electron chi connectivity index (χ3n) is 2.66. The molecule has 0 aliphatic rings. The molecule has 134 valence electrons. The summed E-state index contributed by atoms with van der Waals surface area (Å²) in [6.45, 7) is 4.22. The fourth-order valence-electron chi connectivity index (χ4n) is 1.53. The number of hydrogen-bond acceptors (Lipinski definition) is 8. The van der Waals surface area contributed by atoms with E-state index in [2.05, 4.69) is 15.4 Å². The van der Waals surface area contributed by atoms with Gasteiger partial charge >= 0.3 is 11.9 Å². The molecule has 2 aromatic heterocycles. The van der Waals surface area contributed by atoms with Gasteiger partial charge in [0.15, 0.2) is 0 Å². The van der Waals surface area contributed by atoms with Gasteiger partial charge in [-0.2, -0.15) is 0 Å². The molecular weight excluding hydrogens is 348 g/mol. The van der Waals surface area contributed by atoms with Crippen LogP contribution in [0.1, 0.15) is 34.6 Å². The van der Waals surface area contributed by atoms with Crippen LogP contribution in [0.5, 0.6) is 0 Å². The normalized spacial score (nSPS) is 9.44. The Morgan fingerprint density at radius 2 is 1.52 bits per heavy atom. The van der Waals surface area contributed by atoms with Crippen molar-refractivity contribution < 1.29 is 19.1 Å². The van der Waals surface area contributed by atoms with Gasteiger partial charge in [-0.15, -0.1) is 0 Å². The number of pyridine rings is 2. The van der Waals surface area contributed by atoms with Crippen molar-refractivity contribution >= 4 is 29.4 Å². The van der Waals surface area contributed by atoms with Crippen LogP contribution >= 0.6 is 11.6 Å². The second-order valence-corrected chi connectivity index (χ2v) is 4.77. The van der Waals surface area contributed by atoms with Crippen LogP contribution in [-0.2, 0) is 9.47 Å². The lowest BCUT2D eigenvalue weighted by molar-refractivity contribution is 0.0516. The summed E-state index contributed by atoms with van der Waals surface area (Å²) in [5.74, 6) is 4.86. The summed E-state index contributed by atoms with van der Waals surface area (Å²) in [7, 11) is 0. The first-order chi connectivity index (χ1) is 12.0. The van der Waals surface area contributed by atoms with Crippen LogP contribution in [0.25, 0.3) is 0 Å². The van der Waals surface area contributed by atoms with Crippen molar-refractivity contribution in [3.8, 4) is 0 Å². The number of rotatable bonds is 5. The minimum absolute atomic E-state index is 0.357. The summed E-state index contributed by atoms with van der Waals surface area (Å²) in [5, 5.41) is 0.364. The quantitative estimate of drug-likeness (QED) is 0.358. The van der Waals surface area contributed by atoms with E-state index < -0.39 is 0 Å². The maximum Gasteiger partial charge on any atom is 0.339 e. The molecule has 0 spiro atoms. The maximum absolute atomic E-state index is 11.1. The molecule has 0 saturated carbocycles. The molecule has 0 fully saturated rings. The van der Waals surface area contributed by atoms with Gasteiger partial charge in [0.1, 0.15) is 11.0 Å². The monoisotopic (exact) mass is 366 g/mol. The Balaban J connectivity index is 0.000000251. The van der Waals surface area contributed by atoms with Crippen LogP contribution in [0.3, 0.4) is 0 Å². The van der Waals surface area contributed by atoms with E-state index in [1.807, 2.05) is 0 Å². The SMILES string of the molecule is CCOC(=O)c1ccc(Cl)nc1.CCOC(=O)c1ccc(NN)nc1. The average molecular weight is 367 g/mol. The molecule has 0 amide bonds. The van der Waals surface area contributed by atoms with Crippen molar-refractivity contribution in [1.29, 1.82) is 0 Å². The van der Waals surface area contributed by atoms with Gasteiger partial charge in [0.05, 0.1) is 24.3 Å². The van der Waals surface area contributed by atoms with Crippen LogP contribution in [0.15, 0.2) is 36.7 Å². The fraction of sp³-hybridized carbons (Fsp3) is 0.250. The molecule has 0 atom stereocenters. The molecule has 0 aromatic carbocycles. The number of nitrogens with one attached hydrogen (secondary N) is 1. The summed E-state index contributed by atoms with van der Waals surface area (Å²) in [4.78, 5) is 29.8. The maximum atomic E-state index is 11.1. The summed E-state index contributed by atoms with van der Waals surface area (Å²) in [6.07, 6.45) is 2.80. The van der Waals surface area contributed by atoms with Crippen molar-refractivity contribution in [3.05, 3.63) is 52.9 Å². The summed E-state index contributed by atoms with van der Waals surface area (Å²) >= 11 is 5.53. The van der Waals surface area contributed by atoms with Crippen LogP contribution in [0, 0.1) is 0 Å². The van der Waals surface area contributed by atoms with Gasteiger partial charge in [0, 0.05) is 12.4 Å². The van der Waals surface area contributed by atoms with E-state index in [1.165, 1.54) is 12.4 Å². The van der Waals surface area contributed by atoms with Crippen molar-refractivity contribution in [2.75, 3.05) is 18.6 Å². The zero-order valence-corrected chi connectivity index (χ0v) is 14.6. The number of anilines is 1. The van der Waals surface area contributed by atoms with E-state index in [0.717, 1.165) is 0 Å². The molecule has 2 aromatic rings. The zero-order chi connectivity index (χ0) is 18.7. The van der Waals surface area contributed by atoms with Gasteiger partial charge in [-0.3, -0.25) is 0 Å². The smallest absolute Gasteiger partial charge is 0.339 e. The Labute approximate surface area is 150 Å². The summed E-state index contributed by atoms with van der Waals surface area (Å²) in [6, 6.07) is 6.33. The lowest BCUT2D eigenvalue weighted by Gasteiger charge is -2.01. The van der Waals surface area contributed by atoms with E-state index >= 15 is 0 Å². The number of nitrogens with zero attached hydrogens (tertiary/aromatic N) is 2. The minimum atomic E-state index is -0.376. The highest BCUT2D eigenvalue weighted by Gasteiger charge is 2.06. The fourth-order valence-corrected chi connectivity index (χ4v) is 1.64. The molecule has 0 saturated heterocycles. The number of nitrogens with two attached hydrogens (primary N) is 1. The molecule has 0 aliphatic carbocycles. The molecule has 0 unspecified atom stereocenters. The number of carbonyl (C=O) groups is 2. The van der Waals surface area contributed by atoms with Gasteiger partial charge in [-0.25, -0.2) is 25.4 Å². The van der Waals surface area contributed by atoms with E-state index in [1.54, 1.807) is 38.1 Å². The topological polar surface area (TPSA) is 116 Å². The first-order valence-corrected chi connectivity index (χ1v) is 7.78. The van der Waals surface area contributed by atoms with Crippen molar-refractivity contribution in [2.45, 2.75) is 13.8 Å². The number of ether oxygens (including phenoxy) is 2. The van der Waals surface area contributed by atoms with E-state index in [4.69, 9.17) is 26.9 Å². The molecule has 3 N–H and O–H groups in total. The lowest BCUT2D eigenvalue weighted by Crippen LogP contribution is -2.10. The number of carbonyl (C=O) groups excluding carboxylic acids is 2. The Morgan fingerprint density at radius 3 is 1.88 bits per heavy atom. The molecule has 0 aliphatic heterocycles. The van der Waals surface area contributed by atoms with E-state index in [0.29, 0.717) is 35.3 Å². The van der Waals surface area contributed by atoms with Gasteiger partial charge in [-0.1, -0.05) is 11.6 Å². The number of esters is 2. The third-order valence-corrected chi connectivity index (χ3v) is 2.88. The summed E-state index contributed by atoms with van der Waals surface area (Å²) < 4.78 is 9.52. The molecule has 0 radical (unpaired) electrons. The Bertz CT molecular complexity index is 678. The van der Waals surface area contributed by atoms with E-state index in [-0.39, 0.29) is 11.9 Å². The first kappa shape index (κ1) is 20.3. The highest BCUT2D eigenvalue weighted by atomic mass is 35.5. The molecule has 25 heavy (non-hydrogen) atoms. The number of hydrazine groups is 1. The van der Waals surface area contributed by atoms with Gasteiger partial charge in [0.25, 0.3) is 0 Å². The Kier molecular flexibility index (Phi) is 8.91.